The molecule has 18 rings (SSSR count). The number of nitrogens with one attached hydrogen (secondary N) is 4. The second-order valence-corrected chi connectivity index (χ2v) is 29.3. The molecule has 0 bridgehead atoms. The van der Waals surface area contributed by atoms with Gasteiger partial charge >= 0.3 is 0 Å². The van der Waals surface area contributed by atoms with Gasteiger partial charge in [0.2, 0.25) is 23.6 Å². The molecule has 4 amide bonds. The molecule has 18 aromatic rings. The minimum absolute atomic E-state index is 0.101. The molecule has 21 nitrogen and oxygen atoms in total. The summed E-state index contributed by atoms with van der Waals surface area (Å²) < 4.78 is 11.2. The SMILES string of the molecule is Cc1ccc(NC(=O)Cn2c(-c3cnn(C)c3)nc3cc(Br)ccc32)cc1.O=C(Cn1c(-c2ccccn2)nc2ccccc21)Nc1cccc2ccccc12.O=C(Cn1c(-c2nccs2)nc2cc(Br)ccc21)Nc1ccc(Cl)cc1.O=C(Cn1c(-c2nccs2)nc2ccccc21)Nc1ccc2ccccc2c1. The highest BCUT2D eigenvalue weighted by Crippen LogP contribution is 2.33. The molecule has 8 heterocycles. The van der Waals surface area contributed by atoms with E-state index in [0.29, 0.717) is 28.2 Å². The summed E-state index contributed by atoms with van der Waals surface area (Å²) in [5.41, 5.74) is 12.7. The maximum absolute atomic E-state index is 13.0. The summed E-state index contributed by atoms with van der Waals surface area (Å²) >= 11 is 15.8. The van der Waals surface area contributed by atoms with Crippen molar-refractivity contribution in [3.63, 3.8) is 0 Å². The summed E-state index contributed by atoms with van der Waals surface area (Å²) in [6.07, 6.45) is 8.86. The van der Waals surface area contributed by atoms with Crippen LogP contribution in [0.5, 0.6) is 0 Å². The van der Waals surface area contributed by atoms with E-state index < -0.39 is 0 Å². The van der Waals surface area contributed by atoms with E-state index in [1.165, 1.54) is 22.7 Å². The fourth-order valence-electron chi connectivity index (χ4n) is 12.6. The Bertz CT molecular complexity index is 6360. The lowest BCUT2D eigenvalue weighted by Crippen LogP contribution is -2.19. The van der Waals surface area contributed by atoms with Gasteiger partial charge in [0, 0.05) is 84.7 Å². The molecule has 0 aliphatic heterocycles. The van der Waals surface area contributed by atoms with E-state index in [4.69, 9.17) is 21.6 Å². The standard InChI is InChI=1S/C24H18N4O.C22H16N4OS.C20H18BrN5O.C18H12BrClN4OS/c29-23(26-19-13-7-9-17-8-1-2-10-18(17)19)16-28-22-14-4-3-11-20(22)27-24(28)21-12-5-6-15-25-21;27-20(24-17-10-9-15-5-1-2-6-16(15)13-17)14-26-19-8-4-3-7-18(19)25-21(26)22-23-11-12-28-22;1-13-3-6-16(7-4-13)23-19(27)12-26-18-8-5-15(21)9-17(18)24-20(26)14-10-22-25(2)11-14;19-11-1-6-15-14(9-11)23-17(18-21-7-8-26-18)24(15)10-16(25)22-13-4-2-12(20)3-5-13/h1-15H,16H2,(H,26,29);1-13H,14H2,(H,24,27);3-11H,12H2,1-2H3,(H,23,27);1-9H,10H2,(H,22,25). The molecule has 110 heavy (non-hydrogen) atoms. The molecule has 26 heteroatoms. The third-order valence-electron chi connectivity index (χ3n) is 17.6. The van der Waals surface area contributed by atoms with Gasteiger partial charge < -0.3 is 39.5 Å². The number of fused-ring (bicyclic) bond motifs is 6. The van der Waals surface area contributed by atoms with Crippen LogP contribution in [-0.4, -0.2) is 86.6 Å². The topological polar surface area (TPSA) is 244 Å². The number of pyridine rings is 1. The number of benzene rings is 10. The minimum Gasteiger partial charge on any atom is -0.325 e. The Morgan fingerprint density at radius 2 is 0.891 bits per heavy atom. The van der Waals surface area contributed by atoms with Crippen molar-refractivity contribution >= 4 is 178 Å². The van der Waals surface area contributed by atoms with Crippen LogP contribution in [0.15, 0.2) is 287 Å². The number of nitrogens with zero attached hydrogens (tertiary/aromatic N) is 13. The normalized spacial score (nSPS) is 11.1. The van der Waals surface area contributed by atoms with E-state index in [-0.39, 0.29) is 49.8 Å². The number of amides is 4. The molecular weight excluding hydrogens is 1570 g/mol. The van der Waals surface area contributed by atoms with Crippen molar-refractivity contribution in [2.75, 3.05) is 21.3 Å². The predicted octanol–water partition coefficient (Wildman–Crippen LogP) is 19.2. The molecule has 10 aromatic carbocycles. The lowest BCUT2D eigenvalue weighted by atomic mass is 10.1. The van der Waals surface area contributed by atoms with Gasteiger partial charge in [0.15, 0.2) is 27.5 Å². The highest BCUT2D eigenvalue weighted by molar-refractivity contribution is 9.10. The Labute approximate surface area is 659 Å². The van der Waals surface area contributed by atoms with Gasteiger partial charge in [-0.25, -0.2) is 29.9 Å². The first-order valence-electron chi connectivity index (χ1n) is 34.6. The molecule has 0 spiro atoms. The van der Waals surface area contributed by atoms with Crippen molar-refractivity contribution in [2.24, 2.45) is 7.05 Å². The Hall–Kier alpha value is -12.7. The average Bonchev–Trinajstić information content (AvgIpc) is 1.70. The Kier molecular flexibility index (Phi) is 22.0. The van der Waals surface area contributed by atoms with Gasteiger partial charge in [0.25, 0.3) is 0 Å². The molecule has 0 fully saturated rings. The molecule has 0 saturated heterocycles. The summed E-state index contributed by atoms with van der Waals surface area (Å²) in [6.45, 7) is 2.63. The number of aromatic nitrogens is 13. The molecular formula is C84H64Br2ClN17O4S2. The second kappa shape index (κ2) is 33.2. The smallest absolute Gasteiger partial charge is 0.244 e. The third kappa shape index (κ3) is 17.0. The Morgan fingerprint density at radius 1 is 0.418 bits per heavy atom. The number of para-hydroxylation sites is 4. The van der Waals surface area contributed by atoms with Crippen molar-refractivity contribution in [1.82, 2.24) is 62.9 Å². The molecule has 0 saturated carbocycles. The van der Waals surface area contributed by atoms with Gasteiger partial charge in [0.05, 0.1) is 55.9 Å². The number of thiazole rings is 2. The van der Waals surface area contributed by atoms with Gasteiger partial charge in [-0.05, 0) is 150 Å². The fourth-order valence-corrected chi connectivity index (χ4v) is 14.7. The van der Waals surface area contributed by atoms with Crippen LogP contribution in [0.4, 0.5) is 22.7 Å². The van der Waals surface area contributed by atoms with Crippen molar-refractivity contribution in [2.45, 2.75) is 33.1 Å². The number of carbonyl (C=O) groups is 4. The molecule has 4 N–H and O–H groups in total. The number of aryl methyl sites for hydroxylation is 2. The van der Waals surface area contributed by atoms with Crippen LogP contribution in [0.25, 0.3) is 110 Å². The zero-order chi connectivity index (χ0) is 75.6. The summed E-state index contributed by atoms with van der Waals surface area (Å²) in [7, 11) is 1.86. The maximum atomic E-state index is 13.0. The molecule has 0 aliphatic rings. The number of halogens is 3. The van der Waals surface area contributed by atoms with Gasteiger partial charge in [-0.3, -0.25) is 28.8 Å². The predicted molar refractivity (Wildman–Crippen MR) is 447 cm³/mol. The van der Waals surface area contributed by atoms with Gasteiger partial charge in [-0.1, -0.05) is 158 Å². The van der Waals surface area contributed by atoms with E-state index in [1.807, 2.05) is 255 Å². The van der Waals surface area contributed by atoms with Crippen molar-refractivity contribution in [3.8, 4) is 44.6 Å². The lowest BCUT2D eigenvalue weighted by molar-refractivity contribution is -0.117. The molecule has 8 aromatic heterocycles. The van der Waals surface area contributed by atoms with Crippen LogP contribution in [-0.2, 0) is 52.4 Å². The van der Waals surface area contributed by atoms with E-state index in [0.717, 1.165) is 124 Å². The summed E-state index contributed by atoms with van der Waals surface area (Å²) in [4.78, 5) is 83.0. The van der Waals surface area contributed by atoms with Crippen molar-refractivity contribution in [3.05, 3.63) is 298 Å². The zero-order valence-corrected chi connectivity index (χ0v) is 64.3. The summed E-state index contributed by atoms with van der Waals surface area (Å²) in [6, 6.07) is 75.7. The van der Waals surface area contributed by atoms with Crippen LogP contribution < -0.4 is 21.3 Å². The van der Waals surface area contributed by atoms with Crippen LogP contribution >= 0.6 is 66.1 Å². The average molecular weight is 1630 g/mol. The first kappa shape index (κ1) is 72.9. The van der Waals surface area contributed by atoms with E-state index in [9.17, 15) is 19.2 Å². The Balaban J connectivity index is 0.000000117. The Morgan fingerprint density at radius 3 is 1.46 bits per heavy atom. The number of hydrogen-bond acceptors (Lipinski definition) is 14. The van der Waals surface area contributed by atoms with Crippen LogP contribution in [0.2, 0.25) is 5.02 Å². The van der Waals surface area contributed by atoms with Crippen LogP contribution in [0.3, 0.4) is 0 Å². The number of hydrogen-bond donors (Lipinski definition) is 4. The largest absolute Gasteiger partial charge is 0.325 e. The highest BCUT2D eigenvalue weighted by Gasteiger charge is 2.22. The van der Waals surface area contributed by atoms with Crippen LogP contribution in [0, 0.1) is 6.92 Å². The number of carbonyl (C=O) groups excluding carboxylic acids is 4. The summed E-state index contributed by atoms with van der Waals surface area (Å²) in [5.74, 6) is 2.33. The summed E-state index contributed by atoms with van der Waals surface area (Å²) in [5, 5.41) is 26.5. The number of imidazole rings is 4. The quantitative estimate of drug-likeness (QED) is 0.0706. The maximum Gasteiger partial charge on any atom is 0.244 e. The van der Waals surface area contributed by atoms with Crippen LogP contribution in [0.1, 0.15) is 5.56 Å². The molecule has 542 valence electrons. The molecule has 0 aliphatic carbocycles. The van der Waals surface area contributed by atoms with E-state index in [2.05, 4.69) is 89.2 Å². The first-order valence-corrected chi connectivity index (χ1v) is 38.3. The molecule has 0 unspecified atom stereocenters. The van der Waals surface area contributed by atoms with Gasteiger partial charge in [-0.15, -0.1) is 22.7 Å². The molecule has 0 atom stereocenters. The van der Waals surface area contributed by atoms with Crippen molar-refractivity contribution in [1.29, 1.82) is 0 Å². The van der Waals surface area contributed by atoms with E-state index >= 15 is 0 Å². The monoisotopic (exact) mass is 1630 g/mol. The zero-order valence-electron chi connectivity index (χ0n) is 58.8. The fraction of sp³-hybridized carbons (Fsp3) is 0.0714. The first-order chi connectivity index (χ1) is 53.7. The molecule has 0 radical (unpaired) electrons. The minimum atomic E-state index is -0.146. The highest BCUT2D eigenvalue weighted by atomic mass is 79.9. The number of anilines is 4. The number of rotatable bonds is 16. The van der Waals surface area contributed by atoms with Crippen molar-refractivity contribution < 1.29 is 19.2 Å². The second-order valence-electron chi connectivity index (χ2n) is 25.3. The van der Waals surface area contributed by atoms with E-state index in [1.54, 1.807) is 53.7 Å². The van der Waals surface area contributed by atoms with Gasteiger partial charge in [0.1, 0.15) is 37.7 Å². The van der Waals surface area contributed by atoms with Gasteiger partial charge in [-0.2, -0.15) is 5.10 Å². The lowest BCUT2D eigenvalue weighted by Gasteiger charge is -2.11. The third-order valence-corrected chi connectivity index (χ3v) is 20.4.